The Balaban J connectivity index is 1.40. The van der Waals surface area contributed by atoms with Crippen LogP contribution in [0.5, 0.6) is 5.75 Å². The predicted octanol–water partition coefficient (Wildman–Crippen LogP) is 4.06. The lowest BCUT2D eigenvalue weighted by molar-refractivity contribution is -0.115. The first-order valence-corrected chi connectivity index (χ1v) is 9.64. The van der Waals surface area contributed by atoms with Crippen molar-refractivity contribution in [1.29, 1.82) is 0 Å². The average Bonchev–Trinajstić information content (AvgIpc) is 3.39. The summed E-state index contributed by atoms with van der Waals surface area (Å²) >= 11 is 0. The van der Waals surface area contributed by atoms with E-state index < -0.39 is 0 Å². The number of hydrogen-bond acceptors (Lipinski definition) is 4. The van der Waals surface area contributed by atoms with Gasteiger partial charge in [-0.3, -0.25) is 9.59 Å². The Kier molecular flexibility index (Phi) is 5.33. The molecule has 0 spiro atoms. The molecular weight excluding hydrogens is 368 g/mol. The van der Waals surface area contributed by atoms with Crippen LogP contribution in [0.2, 0.25) is 0 Å². The molecule has 0 bridgehead atoms. The highest BCUT2D eigenvalue weighted by atomic mass is 16.5. The molecule has 2 amide bonds. The Hall–Kier alpha value is -3.54. The van der Waals surface area contributed by atoms with E-state index in [0.29, 0.717) is 18.9 Å². The molecule has 1 aliphatic rings. The van der Waals surface area contributed by atoms with Crippen molar-refractivity contribution in [3.63, 3.8) is 0 Å². The average molecular weight is 390 g/mol. The zero-order chi connectivity index (χ0) is 20.2. The molecule has 29 heavy (non-hydrogen) atoms. The van der Waals surface area contributed by atoms with Gasteiger partial charge >= 0.3 is 0 Å². The van der Waals surface area contributed by atoms with E-state index in [1.165, 1.54) is 6.26 Å². The minimum Gasteiger partial charge on any atom is -0.494 e. The molecule has 0 saturated carbocycles. The third-order valence-electron chi connectivity index (χ3n) is 4.83. The second kappa shape index (κ2) is 8.22. The van der Waals surface area contributed by atoms with Crippen LogP contribution >= 0.6 is 0 Å². The fourth-order valence-corrected chi connectivity index (χ4v) is 3.48. The van der Waals surface area contributed by atoms with E-state index in [9.17, 15) is 9.59 Å². The summed E-state index contributed by atoms with van der Waals surface area (Å²) in [5.74, 6) is 0.881. The van der Waals surface area contributed by atoms with Gasteiger partial charge in [0.1, 0.15) is 5.75 Å². The van der Waals surface area contributed by atoms with Crippen molar-refractivity contribution >= 4 is 23.2 Å². The van der Waals surface area contributed by atoms with Gasteiger partial charge in [-0.2, -0.15) is 0 Å². The summed E-state index contributed by atoms with van der Waals surface area (Å²) < 4.78 is 10.6. The quantitative estimate of drug-likeness (QED) is 0.689. The molecule has 1 N–H and O–H groups in total. The summed E-state index contributed by atoms with van der Waals surface area (Å²) in [5.41, 5.74) is 3.54. The lowest BCUT2D eigenvalue weighted by atomic mass is 10.1. The molecule has 0 unspecified atom stereocenters. The van der Waals surface area contributed by atoms with E-state index in [4.69, 9.17) is 9.15 Å². The molecule has 0 aliphatic carbocycles. The number of carbonyl (C=O) groups is 2. The largest absolute Gasteiger partial charge is 0.494 e. The van der Waals surface area contributed by atoms with Crippen molar-refractivity contribution in [2.24, 2.45) is 0 Å². The molecule has 6 heteroatoms. The molecule has 148 valence electrons. The van der Waals surface area contributed by atoms with Gasteiger partial charge in [0.15, 0.2) is 5.76 Å². The van der Waals surface area contributed by atoms with E-state index in [0.717, 1.165) is 34.7 Å². The van der Waals surface area contributed by atoms with E-state index in [-0.39, 0.29) is 18.2 Å². The van der Waals surface area contributed by atoms with Gasteiger partial charge in [-0.15, -0.1) is 0 Å². The second-order valence-corrected chi connectivity index (χ2v) is 6.83. The van der Waals surface area contributed by atoms with Crippen molar-refractivity contribution in [3.8, 4) is 5.75 Å². The summed E-state index contributed by atoms with van der Waals surface area (Å²) in [6.45, 7) is 3.14. The van der Waals surface area contributed by atoms with Crippen LogP contribution < -0.4 is 15.0 Å². The molecule has 3 aromatic rings. The molecule has 0 fully saturated rings. The molecule has 1 aliphatic heterocycles. The van der Waals surface area contributed by atoms with Gasteiger partial charge < -0.3 is 19.4 Å². The number of furan rings is 1. The van der Waals surface area contributed by atoms with Crippen LogP contribution in [0.25, 0.3) is 0 Å². The van der Waals surface area contributed by atoms with E-state index in [1.807, 2.05) is 49.4 Å². The number of fused-ring (bicyclic) bond motifs is 1. The normalized spacial score (nSPS) is 12.5. The lowest BCUT2D eigenvalue weighted by Gasteiger charge is -2.16. The fourth-order valence-electron chi connectivity index (χ4n) is 3.48. The predicted molar refractivity (Wildman–Crippen MR) is 110 cm³/mol. The molecule has 0 saturated heterocycles. The van der Waals surface area contributed by atoms with Gasteiger partial charge in [-0.05, 0) is 66.9 Å². The number of nitrogens with one attached hydrogen (secondary N) is 1. The Labute approximate surface area is 169 Å². The van der Waals surface area contributed by atoms with Gasteiger partial charge in [0.2, 0.25) is 5.91 Å². The molecule has 0 radical (unpaired) electrons. The minimum atomic E-state index is -0.152. The Bertz CT molecular complexity index is 1010. The third-order valence-corrected chi connectivity index (χ3v) is 4.83. The third kappa shape index (κ3) is 4.16. The highest BCUT2D eigenvalue weighted by Crippen LogP contribution is 2.31. The van der Waals surface area contributed by atoms with Crippen LogP contribution in [0.15, 0.2) is 65.3 Å². The monoisotopic (exact) mass is 390 g/mol. The molecule has 2 aromatic carbocycles. The Morgan fingerprint density at radius 1 is 1.14 bits per heavy atom. The number of nitrogens with zero attached hydrogens (tertiary/aromatic N) is 1. The second-order valence-electron chi connectivity index (χ2n) is 6.83. The maximum atomic E-state index is 12.6. The summed E-state index contributed by atoms with van der Waals surface area (Å²) in [5, 5.41) is 2.94. The summed E-state index contributed by atoms with van der Waals surface area (Å²) in [4.78, 5) is 26.7. The van der Waals surface area contributed by atoms with Crippen LogP contribution in [0.3, 0.4) is 0 Å². The van der Waals surface area contributed by atoms with Crippen LogP contribution in [0.1, 0.15) is 28.6 Å². The van der Waals surface area contributed by atoms with Crippen molar-refractivity contribution < 1.29 is 18.7 Å². The fraction of sp³-hybridized carbons (Fsp3) is 0.217. The van der Waals surface area contributed by atoms with Gasteiger partial charge in [0, 0.05) is 17.9 Å². The van der Waals surface area contributed by atoms with E-state index in [1.54, 1.807) is 17.0 Å². The number of carbonyl (C=O) groups excluding carboxylic acids is 2. The zero-order valence-corrected chi connectivity index (χ0v) is 16.2. The lowest BCUT2D eigenvalue weighted by Crippen LogP contribution is -2.28. The SMILES string of the molecule is CCOc1ccc(CC(=O)Nc2ccc3c(c2)CCN3C(=O)c2ccco2)cc1. The number of rotatable bonds is 6. The maximum Gasteiger partial charge on any atom is 0.293 e. The molecule has 0 atom stereocenters. The van der Waals surface area contributed by atoms with Crippen LogP contribution in [-0.2, 0) is 17.6 Å². The number of hydrogen-bond donors (Lipinski definition) is 1. The summed E-state index contributed by atoms with van der Waals surface area (Å²) in [7, 11) is 0. The van der Waals surface area contributed by atoms with Crippen LogP contribution in [-0.4, -0.2) is 25.0 Å². The summed E-state index contributed by atoms with van der Waals surface area (Å²) in [6, 6.07) is 16.5. The molecule has 2 heterocycles. The number of benzene rings is 2. The molecule has 4 rings (SSSR count). The van der Waals surface area contributed by atoms with Crippen molar-refractivity contribution in [1.82, 2.24) is 0 Å². The first kappa shape index (κ1) is 18.8. The van der Waals surface area contributed by atoms with Gasteiger partial charge in [0.25, 0.3) is 5.91 Å². The highest BCUT2D eigenvalue weighted by Gasteiger charge is 2.27. The van der Waals surface area contributed by atoms with Gasteiger partial charge in [-0.25, -0.2) is 0 Å². The first-order chi connectivity index (χ1) is 14.1. The van der Waals surface area contributed by atoms with Gasteiger partial charge in [-0.1, -0.05) is 12.1 Å². The topological polar surface area (TPSA) is 71.8 Å². The van der Waals surface area contributed by atoms with Crippen molar-refractivity contribution in [2.75, 3.05) is 23.4 Å². The molecule has 6 nitrogen and oxygen atoms in total. The standard InChI is InChI=1S/C23H22N2O4/c1-2-28-19-8-5-16(6-9-19)14-22(26)24-18-7-10-20-17(15-18)11-12-25(20)23(27)21-4-3-13-29-21/h3-10,13,15H,2,11-12,14H2,1H3,(H,24,26). The minimum absolute atomic E-state index is 0.0874. The van der Waals surface area contributed by atoms with Crippen molar-refractivity contribution in [2.45, 2.75) is 19.8 Å². The Morgan fingerprint density at radius 3 is 2.69 bits per heavy atom. The number of anilines is 2. The first-order valence-electron chi connectivity index (χ1n) is 9.64. The van der Waals surface area contributed by atoms with E-state index in [2.05, 4.69) is 5.32 Å². The smallest absolute Gasteiger partial charge is 0.293 e. The van der Waals surface area contributed by atoms with Crippen LogP contribution in [0.4, 0.5) is 11.4 Å². The summed E-state index contributed by atoms with van der Waals surface area (Å²) in [6.07, 6.45) is 2.52. The van der Waals surface area contributed by atoms with Gasteiger partial charge in [0.05, 0.1) is 19.3 Å². The highest BCUT2D eigenvalue weighted by molar-refractivity contribution is 6.05. The molecular formula is C23H22N2O4. The maximum absolute atomic E-state index is 12.6. The number of ether oxygens (including phenoxy) is 1. The number of amides is 2. The van der Waals surface area contributed by atoms with Crippen molar-refractivity contribution in [3.05, 3.63) is 77.7 Å². The van der Waals surface area contributed by atoms with E-state index >= 15 is 0 Å². The zero-order valence-electron chi connectivity index (χ0n) is 16.2. The molecule has 1 aromatic heterocycles. The van der Waals surface area contributed by atoms with Crippen LogP contribution in [0, 0.1) is 0 Å². The Morgan fingerprint density at radius 2 is 1.97 bits per heavy atom.